The first kappa shape index (κ1) is 19.0. The predicted octanol–water partition coefficient (Wildman–Crippen LogP) is 3.16. The van der Waals surface area contributed by atoms with Crippen LogP contribution in [-0.2, 0) is 12.6 Å². The lowest BCUT2D eigenvalue weighted by Crippen LogP contribution is -2.30. The lowest BCUT2D eigenvalue weighted by atomic mass is 9.92. The van der Waals surface area contributed by atoms with Crippen molar-refractivity contribution in [3.05, 3.63) is 54.0 Å². The highest BCUT2D eigenvalue weighted by molar-refractivity contribution is 5.74. The van der Waals surface area contributed by atoms with Gasteiger partial charge in [-0.1, -0.05) is 12.1 Å². The maximum absolute atomic E-state index is 13.3. The third-order valence-electron chi connectivity index (χ3n) is 5.12. The number of imidazole rings is 1. The van der Waals surface area contributed by atoms with Gasteiger partial charge < -0.3 is 10.8 Å². The number of hydrogen-bond acceptors (Lipinski definition) is 5. The summed E-state index contributed by atoms with van der Waals surface area (Å²) in [6, 6.07) is 6.58. The molecule has 1 unspecified atom stereocenters. The Kier molecular flexibility index (Phi) is 4.34. The second-order valence-electron chi connectivity index (χ2n) is 7.17. The first-order valence-electron chi connectivity index (χ1n) is 8.94. The van der Waals surface area contributed by atoms with E-state index in [0.29, 0.717) is 22.6 Å². The molecule has 0 bridgehead atoms. The third-order valence-corrected chi connectivity index (χ3v) is 5.12. The second kappa shape index (κ2) is 6.63. The van der Waals surface area contributed by atoms with Crippen molar-refractivity contribution in [1.82, 2.24) is 24.1 Å². The summed E-state index contributed by atoms with van der Waals surface area (Å²) in [5, 5.41) is 14.4. The van der Waals surface area contributed by atoms with E-state index < -0.39 is 12.0 Å². The Morgan fingerprint density at radius 3 is 2.62 bits per heavy atom. The van der Waals surface area contributed by atoms with Crippen molar-refractivity contribution in [3.63, 3.8) is 0 Å². The van der Waals surface area contributed by atoms with Gasteiger partial charge in [-0.25, -0.2) is 18.7 Å². The van der Waals surface area contributed by atoms with Crippen LogP contribution in [0.1, 0.15) is 18.1 Å². The number of alkyl halides is 2. The fraction of sp³-hybridized carbons (Fsp3) is 0.250. The number of nitrogens with two attached hydrogens (primary N) is 1. The summed E-state index contributed by atoms with van der Waals surface area (Å²) in [6.45, 7) is 2.96. The molecule has 0 aliphatic rings. The molecule has 0 saturated carbocycles. The van der Waals surface area contributed by atoms with Gasteiger partial charge in [-0.2, -0.15) is 5.10 Å². The van der Waals surface area contributed by atoms with Gasteiger partial charge in [0, 0.05) is 25.0 Å². The molecule has 1 aromatic carbocycles. The molecular weight excluding hydrogens is 378 g/mol. The maximum atomic E-state index is 13.3. The van der Waals surface area contributed by atoms with Crippen LogP contribution in [0.4, 0.5) is 14.6 Å². The summed E-state index contributed by atoms with van der Waals surface area (Å²) >= 11 is 0. The van der Waals surface area contributed by atoms with E-state index in [1.54, 1.807) is 46.9 Å². The monoisotopic (exact) mass is 398 g/mol. The van der Waals surface area contributed by atoms with E-state index in [1.165, 1.54) is 6.07 Å². The number of rotatable bonds is 4. The summed E-state index contributed by atoms with van der Waals surface area (Å²) in [7, 11) is 1.80. The predicted molar refractivity (Wildman–Crippen MR) is 105 cm³/mol. The number of hydrogen-bond donors (Lipinski definition) is 2. The normalized spacial score (nSPS) is 13.9. The van der Waals surface area contributed by atoms with E-state index in [0.717, 1.165) is 18.2 Å². The van der Waals surface area contributed by atoms with Crippen LogP contribution in [0.25, 0.3) is 28.3 Å². The molecule has 0 spiro atoms. The molecule has 9 heteroatoms. The van der Waals surface area contributed by atoms with Crippen LogP contribution >= 0.6 is 0 Å². The van der Waals surface area contributed by atoms with Crippen molar-refractivity contribution in [1.29, 1.82) is 0 Å². The third kappa shape index (κ3) is 3.03. The van der Waals surface area contributed by atoms with Crippen molar-refractivity contribution < 1.29 is 13.9 Å². The number of nitrogens with zero attached hydrogens (tertiary/aromatic N) is 5. The molecule has 3 heterocycles. The molecular formula is C20H20F2N6O. The molecule has 1 atom stereocenters. The van der Waals surface area contributed by atoms with Crippen LogP contribution in [0, 0.1) is 6.92 Å². The molecule has 0 radical (unpaired) electrons. The van der Waals surface area contributed by atoms with E-state index in [4.69, 9.17) is 5.73 Å². The van der Waals surface area contributed by atoms with Gasteiger partial charge >= 0.3 is 0 Å². The Bertz CT molecular complexity index is 1210. The van der Waals surface area contributed by atoms with Crippen LogP contribution in [0.2, 0.25) is 0 Å². The minimum atomic E-state index is -2.92. The quantitative estimate of drug-likeness (QED) is 0.551. The number of nitrogen functional groups attached to an aromatic ring is 1. The zero-order valence-electron chi connectivity index (χ0n) is 16.1. The largest absolute Gasteiger partial charge is 0.381 e. The lowest BCUT2D eigenvalue weighted by Gasteiger charge is -2.23. The van der Waals surface area contributed by atoms with Gasteiger partial charge in [0.05, 0.1) is 17.6 Å². The summed E-state index contributed by atoms with van der Waals surface area (Å²) in [6.07, 6.45) is 2.13. The highest BCUT2D eigenvalue weighted by Gasteiger charge is 2.34. The van der Waals surface area contributed by atoms with E-state index in [2.05, 4.69) is 15.1 Å². The Morgan fingerprint density at radius 2 is 1.97 bits per heavy atom. The van der Waals surface area contributed by atoms with Gasteiger partial charge in [-0.3, -0.25) is 9.08 Å². The summed E-state index contributed by atoms with van der Waals surface area (Å²) in [5.41, 5.74) is 7.97. The molecule has 150 valence electrons. The fourth-order valence-corrected chi connectivity index (χ4v) is 3.30. The van der Waals surface area contributed by atoms with Crippen molar-refractivity contribution in [2.45, 2.75) is 25.9 Å². The number of benzene rings is 1. The standard InChI is InChI=1S/C20H20F2N6O/c1-11-4-5-12(20(2,29)19(21)22)8-13(11)16-9-24-18-17(23)26-14(10-28(16)18)15-6-7-25-27(15)3/h4-10,19,29H,1-3H3,(H2,23,26). The first-order chi connectivity index (χ1) is 13.7. The number of anilines is 1. The highest BCUT2D eigenvalue weighted by Crippen LogP contribution is 2.34. The van der Waals surface area contributed by atoms with Gasteiger partial charge in [0.15, 0.2) is 11.5 Å². The molecule has 0 fully saturated rings. The molecule has 4 aromatic rings. The van der Waals surface area contributed by atoms with Gasteiger partial charge in [0.1, 0.15) is 11.3 Å². The number of fused-ring (bicyclic) bond motifs is 1. The van der Waals surface area contributed by atoms with Crippen LogP contribution in [0.5, 0.6) is 0 Å². The zero-order valence-corrected chi connectivity index (χ0v) is 16.1. The van der Waals surface area contributed by atoms with E-state index >= 15 is 0 Å². The Balaban J connectivity index is 1.93. The van der Waals surface area contributed by atoms with Gasteiger partial charge in [0.25, 0.3) is 6.43 Å². The molecule has 0 aliphatic heterocycles. The van der Waals surface area contributed by atoms with Crippen LogP contribution in [0.15, 0.2) is 42.9 Å². The highest BCUT2D eigenvalue weighted by atomic mass is 19.3. The minimum absolute atomic E-state index is 0.122. The maximum Gasteiger partial charge on any atom is 0.270 e. The number of halogens is 2. The lowest BCUT2D eigenvalue weighted by molar-refractivity contribution is -0.0883. The van der Waals surface area contributed by atoms with Crippen molar-refractivity contribution in [2.75, 3.05) is 5.73 Å². The second-order valence-corrected chi connectivity index (χ2v) is 7.17. The van der Waals surface area contributed by atoms with Gasteiger partial charge in [0.2, 0.25) is 0 Å². The molecule has 0 amide bonds. The zero-order chi connectivity index (χ0) is 20.9. The van der Waals surface area contributed by atoms with Crippen molar-refractivity contribution in [2.24, 2.45) is 7.05 Å². The molecule has 0 aliphatic carbocycles. The fourth-order valence-electron chi connectivity index (χ4n) is 3.30. The summed E-state index contributed by atoms with van der Waals surface area (Å²) < 4.78 is 30.1. The number of aromatic nitrogens is 5. The number of aliphatic hydroxyl groups is 1. The van der Waals surface area contributed by atoms with Gasteiger partial charge in [-0.15, -0.1) is 0 Å². The van der Waals surface area contributed by atoms with Crippen molar-refractivity contribution in [3.8, 4) is 22.6 Å². The average Bonchev–Trinajstić information content (AvgIpc) is 3.28. The molecule has 0 saturated heterocycles. The Hall–Kier alpha value is -3.33. The Labute approximate surface area is 165 Å². The van der Waals surface area contributed by atoms with E-state index in [-0.39, 0.29) is 11.4 Å². The summed E-state index contributed by atoms with van der Waals surface area (Å²) in [4.78, 5) is 8.76. The van der Waals surface area contributed by atoms with E-state index in [1.807, 2.05) is 13.0 Å². The number of aryl methyl sites for hydroxylation is 2. The van der Waals surface area contributed by atoms with Crippen molar-refractivity contribution >= 4 is 11.5 Å². The molecule has 29 heavy (non-hydrogen) atoms. The molecule has 3 aromatic heterocycles. The molecule has 4 rings (SSSR count). The van der Waals surface area contributed by atoms with Crippen LogP contribution in [0.3, 0.4) is 0 Å². The van der Waals surface area contributed by atoms with Gasteiger partial charge in [-0.05, 0) is 37.1 Å². The topological polar surface area (TPSA) is 94.3 Å². The minimum Gasteiger partial charge on any atom is -0.381 e. The van der Waals surface area contributed by atoms with Crippen LogP contribution < -0.4 is 5.73 Å². The SMILES string of the molecule is Cc1ccc(C(C)(O)C(F)F)cc1-c1cnc2c(N)nc(-c3ccnn3C)cn12. The van der Waals surface area contributed by atoms with E-state index in [9.17, 15) is 13.9 Å². The first-order valence-corrected chi connectivity index (χ1v) is 8.94. The Morgan fingerprint density at radius 1 is 1.21 bits per heavy atom. The molecule has 7 nitrogen and oxygen atoms in total. The van der Waals surface area contributed by atoms with Crippen LogP contribution in [-0.4, -0.2) is 35.7 Å². The average molecular weight is 398 g/mol. The summed E-state index contributed by atoms with van der Waals surface area (Å²) in [5.74, 6) is 0.239. The molecule has 3 N–H and O–H groups in total. The smallest absolute Gasteiger partial charge is 0.270 e.